The zero-order valence-electron chi connectivity index (χ0n) is 14.5. The summed E-state index contributed by atoms with van der Waals surface area (Å²) in [5.74, 6) is -0.494. The van der Waals surface area contributed by atoms with Gasteiger partial charge in [-0.2, -0.15) is 0 Å². The number of likely N-dealkylation sites (tertiary alicyclic amines) is 1. The first kappa shape index (κ1) is 18.6. The van der Waals surface area contributed by atoms with Crippen LogP contribution in [0.4, 0.5) is 4.39 Å². The molecule has 0 aliphatic carbocycles. The molecule has 0 radical (unpaired) electrons. The third-order valence-corrected chi connectivity index (χ3v) is 6.59. The molecule has 1 amide bonds. The molecule has 26 heavy (non-hydrogen) atoms. The maximum absolute atomic E-state index is 13.7. The molecule has 2 aromatic rings. The molecule has 1 aliphatic heterocycles. The summed E-state index contributed by atoms with van der Waals surface area (Å²) in [6.07, 6.45) is 1.97. The van der Waals surface area contributed by atoms with E-state index in [9.17, 15) is 17.6 Å². The van der Waals surface area contributed by atoms with Crippen molar-refractivity contribution in [3.63, 3.8) is 0 Å². The number of rotatable bonds is 6. The first-order valence-corrected chi connectivity index (χ1v) is 10.4. The van der Waals surface area contributed by atoms with Crippen molar-refractivity contribution in [1.82, 2.24) is 4.90 Å². The molecule has 1 aliphatic rings. The zero-order valence-corrected chi connectivity index (χ0v) is 15.3. The molecule has 6 heteroatoms. The van der Waals surface area contributed by atoms with Gasteiger partial charge in [0, 0.05) is 19.0 Å². The molecule has 1 atom stereocenters. The Bertz CT molecular complexity index is 868. The number of sulfone groups is 1. The second-order valence-corrected chi connectivity index (χ2v) is 8.60. The maximum Gasteiger partial charge on any atom is 0.223 e. The van der Waals surface area contributed by atoms with Crippen LogP contribution in [0.25, 0.3) is 0 Å². The fourth-order valence-corrected chi connectivity index (χ4v) is 5.02. The van der Waals surface area contributed by atoms with Crippen molar-refractivity contribution in [2.45, 2.75) is 36.6 Å². The van der Waals surface area contributed by atoms with Crippen LogP contribution in [0.2, 0.25) is 0 Å². The van der Waals surface area contributed by atoms with Gasteiger partial charge in [0.15, 0.2) is 9.84 Å². The van der Waals surface area contributed by atoms with Crippen molar-refractivity contribution in [2.75, 3.05) is 12.3 Å². The molecule has 0 bridgehead atoms. The van der Waals surface area contributed by atoms with Crippen molar-refractivity contribution in [3.05, 3.63) is 66.0 Å². The van der Waals surface area contributed by atoms with E-state index in [0.717, 1.165) is 6.42 Å². The van der Waals surface area contributed by atoms with Crippen LogP contribution < -0.4 is 0 Å². The highest BCUT2D eigenvalue weighted by atomic mass is 32.2. The van der Waals surface area contributed by atoms with E-state index in [4.69, 9.17) is 0 Å². The first-order valence-electron chi connectivity index (χ1n) is 8.78. The van der Waals surface area contributed by atoms with Gasteiger partial charge in [0.1, 0.15) is 5.82 Å². The molecule has 1 saturated heterocycles. The van der Waals surface area contributed by atoms with Gasteiger partial charge < -0.3 is 4.90 Å². The zero-order chi connectivity index (χ0) is 18.6. The van der Waals surface area contributed by atoms with E-state index >= 15 is 0 Å². The maximum atomic E-state index is 13.7. The van der Waals surface area contributed by atoms with Crippen molar-refractivity contribution in [2.24, 2.45) is 0 Å². The topological polar surface area (TPSA) is 54.5 Å². The third-order valence-electron chi connectivity index (χ3n) is 4.78. The molecule has 2 aromatic carbocycles. The highest BCUT2D eigenvalue weighted by Crippen LogP contribution is 2.23. The Hall–Kier alpha value is -2.21. The smallest absolute Gasteiger partial charge is 0.223 e. The van der Waals surface area contributed by atoms with Crippen LogP contribution in [0.1, 0.15) is 24.8 Å². The van der Waals surface area contributed by atoms with Gasteiger partial charge in [0.2, 0.25) is 5.91 Å². The van der Waals surface area contributed by atoms with Gasteiger partial charge in [-0.05, 0) is 43.0 Å². The first-order chi connectivity index (χ1) is 12.5. The van der Waals surface area contributed by atoms with Crippen LogP contribution in [0, 0.1) is 5.82 Å². The second-order valence-electron chi connectivity index (χ2n) is 6.57. The number of hydrogen-bond donors (Lipinski definition) is 0. The summed E-state index contributed by atoms with van der Waals surface area (Å²) >= 11 is 0. The van der Waals surface area contributed by atoms with E-state index in [-0.39, 0.29) is 34.8 Å². The van der Waals surface area contributed by atoms with E-state index < -0.39 is 9.84 Å². The van der Waals surface area contributed by atoms with Gasteiger partial charge in [-0.25, -0.2) is 12.8 Å². The minimum Gasteiger partial charge on any atom is -0.339 e. The molecule has 138 valence electrons. The van der Waals surface area contributed by atoms with Crippen molar-refractivity contribution in [1.29, 1.82) is 0 Å². The lowest BCUT2D eigenvalue weighted by molar-refractivity contribution is -0.131. The van der Waals surface area contributed by atoms with Gasteiger partial charge in [0.25, 0.3) is 0 Å². The van der Waals surface area contributed by atoms with E-state index in [2.05, 4.69) is 0 Å². The Kier molecular flexibility index (Phi) is 5.71. The van der Waals surface area contributed by atoms with Crippen molar-refractivity contribution < 1.29 is 17.6 Å². The van der Waals surface area contributed by atoms with Crippen molar-refractivity contribution in [3.8, 4) is 0 Å². The molecular weight excluding hydrogens is 353 g/mol. The number of amides is 1. The normalized spacial score (nSPS) is 17.4. The summed E-state index contributed by atoms with van der Waals surface area (Å²) in [6, 6.07) is 14.4. The van der Waals surface area contributed by atoms with Crippen LogP contribution in [0.3, 0.4) is 0 Å². The molecule has 1 fully saturated rings. The minimum absolute atomic E-state index is 0.0670. The lowest BCUT2D eigenvalue weighted by Gasteiger charge is -2.24. The molecule has 1 unspecified atom stereocenters. The Morgan fingerprint density at radius 2 is 1.77 bits per heavy atom. The van der Waals surface area contributed by atoms with Gasteiger partial charge in [-0.1, -0.05) is 36.4 Å². The molecule has 4 nitrogen and oxygen atoms in total. The number of nitrogens with zero attached hydrogens (tertiary/aromatic N) is 1. The number of carbonyl (C=O) groups is 1. The van der Waals surface area contributed by atoms with E-state index in [1.807, 2.05) is 0 Å². The van der Waals surface area contributed by atoms with Gasteiger partial charge in [0.05, 0.1) is 10.6 Å². The summed E-state index contributed by atoms with van der Waals surface area (Å²) in [6.45, 7) is 0.561. The predicted molar refractivity (Wildman–Crippen MR) is 98.0 cm³/mol. The summed E-state index contributed by atoms with van der Waals surface area (Å²) in [5.41, 5.74) is 0.508. The fraction of sp³-hybridized carbons (Fsp3) is 0.350. The molecule has 3 rings (SSSR count). The molecular formula is C20H22FNO3S. The van der Waals surface area contributed by atoms with Gasteiger partial charge >= 0.3 is 0 Å². The summed E-state index contributed by atoms with van der Waals surface area (Å²) in [7, 11) is -3.44. The van der Waals surface area contributed by atoms with E-state index in [1.54, 1.807) is 53.4 Å². The predicted octanol–water partition coefficient (Wildman–Crippen LogP) is 3.22. The van der Waals surface area contributed by atoms with Gasteiger partial charge in [-0.15, -0.1) is 0 Å². The van der Waals surface area contributed by atoms with Gasteiger partial charge in [-0.3, -0.25) is 4.79 Å². The monoisotopic (exact) mass is 375 g/mol. The lowest BCUT2D eigenvalue weighted by Crippen LogP contribution is -2.39. The average Bonchev–Trinajstić information content (AvgIpc) is 3.09. The molecule has 0 aromatic heterocycles. The number of carbonyl (C=O) groups excluding carboxylic acids is 1. The lowest BCUT2D eigenvalue weighted by atomic mass is 10.1. The molecule has 0 spiro atoms. The Balaban J connectivity index is 1.64. The number of hydrogen-bond acceptors (Lipinski definition) is 3. The van der Waals surface area contributed by atoms with Crippen molar-refractivity contribution >= 4 is 15.7 Å². The van der Waals surface area contributed by atoms with Crippen LogP contribution in [-0.2, 0) is 21.1 Å². The molecule has 0 saturated carbocycles. The number of halogens is 1. The summed E-state index contributed by atoms with van der Waals surface area (Å²) < 4.78 is 38.9. The number of benzene rings is 2. The van der Waals surface area contributed by atoms with Crippen LogP contribution in [0.15, 0.2) is 59.5 Å². The quantitative estimate of drug-likeness (QED) is 0.779. The standard InChI is InChI=1S/C20H22FNO3S/c21-19-11-5-4-7-16(19)12-13-20(23)22-14-6-8-17(22)15-26(24,25)18-9-2-1-3-10-18/h1-5,7,9-11,17H,6,8,12-15H2. The van der Waals surface area contributed by atoms with Crippen LogP contribution >= 0.6 is 0 Å². The Labute approximate surface area is 153 Å². The highest BCUT2D eigenvalue weighted by Gasteiger charge is 2.32. The minimum atomic E-state index is -3.44. The average molecular weight is 375 g/mol. The van der Waals surface area contributed by atoms with E-state index in [0.29, 0.717) is 24.9 Å². The largest absolute Gasteiger partial charge is 0.339 e. The second kappa shape index (κ2) is 7.99. The SMILES string of the molecule is O=C(CCc1ccccc1F)N1CCCC1CS(=O)(=O)c1ccccc1. The fourth-order valence-electron chi connectivity index (χ4n) is 3.40. The highest BCUT2D eigenvalue weighted by molar-refractivity contribution is 7.91. The van der Waals surface area contributed by atoms with Crippen LogP contribution in [0.5, 0.6) is 0 Å². The van der Waals surface area contributed by atoms with E-state index in [1.165, 1.54) is 6.07 Å². The van der Waals surface area contributed by atoms with Crippen LogP contribution in [-0.4, -0.2) is 37.6 Å². The Morgan fingerprint density at radius 1 is 1.08 bits per heavy atom. The number of aryl methyl sites for hydroxylation is 1. The molecule has 1 heterocycles. The Morgan fingerprint density at radius 3 is 2.50 bits per heavy atom. The third kappa shape index (κ3) is 4.30. The molecule has 0 N–H and O–H groups in total. The summed E-state index contributed by atoms with van der Waals surface area (Å²) in [5, 5.41) is 0. The summed E-state index contributed by atoms with van der Waals surface area (Å²) in [4.78, 5) is 14.5.